The van der Waals surface area contributed by atoms with Gasteiger partial charge >= 0.3 is 0 Å². The fraction of sp³-hybridized carbons (Fsp3) is 0. The molecule has 11 aromatic rings. The number of hydrogen-bond donors (Lipinski definition) is 0. The average Bonchev–Trinajstić information content (AvgIpc) is 3.70. The lowest BCUT2D eigenvalue weighted by atomic mass is 9.94. The third-order valence-corrected chi connectivity index (χ3v) is 11.5. The van der Waals surface area contributed by atoms with Crippen LogP contribution in [0.4, 0.5) is 17.1 Å². The molecular weight excluding hydrogens is 703 g/mol. The van der Waals surface area contributed by atoms with Crippen LogP contribution in [0, 0.1) is 0 Å². The van der Waals surface area contributed by atoms with Crippen molar-refractivity contribution in [3.63, 3.8) is 0 Å². The Morgan fingerprint density at radius 2 is 0.810 bits per heavy atom. The van der Waals surface area contributed by atoms with Crippen LogP contribution in [-0.4, -0.2) is 0 Å². The van der Waals surface area contributed by atoms with Crippen molar-refractivity contribution >= 4 is 60.5 Å². The Bertz CT molecular complexity index is 3260. The van der Waals surface area contributed by atoms with Gasteiger partial charge in [0.15, 0.2) is 0 Å². The summed E-state index contributed by atoms with van der Waals surface area (Å²) in [5.41, 5.74) is 14.4. The molecule has 58 heavy (non-hydrogen) atoms. The molecule has 2 nitrogen and oxygen atoms in total. The first kappa shape index (κ1) is 33.6. The van der Waals surface area contributed by atoms with Crippen LogP contribution in [0.1, 0.15) is 0 Å². The fourth-order valence-corrected chi connectivity index (χ4v) is 8.74. The molecule has 1 aromatic heterocycles. The lowest BCUT2D eigenvalue weighted by molar-refractivity contribution is 0.673. The van der Waals surface area contributed by atoms with Crippen LogP contribution in [0.15, 0.2) is 229 Å². The molecule has 0 radical (unpaired) electrons. The molecule has 0 unspecified atom stereocenters. The van der Waals surface area contributed by atoms with Gasteiger partial charge in [0.2, 0.25) is 0 Å². The minimum absolute atomic E-state index is 0.878. The Morgan fingerprint density at radius 3 is 1.60 bits per heavy atom. The first-order chi connectivity index (χ1) is 28.8. The molecule has 0 fully saturated rings. The Morgan fingerprint density at radius 1 is 0.293 bits per heavy atom. The van der Waals surface area contributed by atoms with Crippen molar-refractivity contribution in [2.45, 2.75) is 0 Å². The van der Waals surface area contributed by atoms with E-state index in [-0.39, 0.29) is 0 Å². The van der Waals surface area contributed by atoms with E-state index >= 15 is 0 Å². The van der Waals surface area contributed by atoms with Crippen LogP contribution < -0.4 is 4.90 Å². The molecule has 0 saturated heterocycles. The van der Waals surface area contributed by atoms with Crippen molar-refractivity contribution in [3.8, 4) is 44.5 Å². The highest BCUT2D eigenvalue weighted by molar-refractivity contribution is 6.20. The first-order valence-electron chi connectivity index (χ1n) is 19.8. The minimum atomic E-state index is 0.878. The molecule has 0 aliphatic heterocycles. The molecule has 0 amide bonds. The van der Waals surface area contributed by atoms with Gasteiger partial charge in [0.05, 0.1) is 11.4 Å². The van der Waals surface area contributed by atoms with E-state index in [0.29, 0.717) is 0 Å². The van der Waals surface area contributed by atoms with Crippen LogP contribution in [0.5, 0.6) is 0 Å². The number of anilines is 3. The highest BCUT2D eigenvalue weighted by Gasteiger charge is 2.23. The number of para-hydroxylation sites is 2. The standard InChI is InChI=1S/C56H37NO/c1-2-14-38(15-3-1)39-28-30-43(31-29-39)47-20-8-10-25-52(47)57(44-35-32-42(33-36-44)46-23-12-18-40-16-4-6-19-45(40)46)53-26-11-9-22-49(53)50-24-13-27-54-55(50)51-37-34-41-17-5-7-21-48(41)56(51)58-54/h1-37H. The van der Waals surface area contributed by atoms with E-state index in [1.807, 2.05) is 0 Å². The molecule has 1 heterocycles. The van der Waals surface area contributed by atoms with Gasteiger partial charge in [-0.3, -0.25) is 0 Å². The minimum Gasteiger partial charge on any atom is -0.455 e. The second-order valence-corrected chi connectivity index (χ2v) is 14.8. The largest absolute Gasteiger partial charge is 0.455 e. The molecule has 0 aliphatic rings. The van der Waals surface area contributed by atoms with Crippen LogP contribution in [0.2, 0.25) is 0 Å². The van der Waals surface area contributed by atoms with Gasteiger partial charge in [0.1, 0.15) is 11.2 Å². The van der Waals surface area contributed by atoms with E-state index in [1.54, 1.807) is 0 Å². The van der Waals surface area contributed by atoms with Crippen LogP contribution in [0.3, 0.4) is 0 Å². The SMILES string of the molecule is c1ccc(-c2ccc(-c3ccccc3N(c3ccc(-c4cccc5ccccc45)cc3)c3ccccc3-c3cccc4oc5c6ccccc6ccc5c34)cc2)cc1. The molecule has 2 heteroatoms. The molecule has 0 N–H and O–H groups in total. The van der Waals surface area contributed by atoms with Gasteiger partial charge in [0, 0.05) is 33.0 Å². The summed E-state index contributed by atoms with van der Waals surface area (Å²) in [5.74, 6) is 0. The Balaban J connectivity index is 1.12. The molecule has 272 valence electrons. The van der Waals surface area contributed by atoms with Gasteiger partial charge < -0.3 is 9.32 Å². The normalized spacial score (nSPS) is 11.4. The van der Waals surface area contributed by atoms with Gasteiger partial charge in [-0.25, -0.2) is 0 Å². The third-order valence-electron chi connectivity index (χ3n) is 11.5. The summed E-state index contributed by atoms with van der Waals surface area (Å²) in [4.78, 5) is 2.43. The quantitative estimate of drug-likeness (QED) is 0.162. The van der Waals surface area contributed by atoms with E-state index in [4.69, 9.17) is 4.42 Å². The van der Waals surface area contributed by atoms with E-state index < -0.39 is 0 Å². The lowest BCUT2D eigenvalue weighted by Gasteiger charge is -2.30. The summed E-state index contributed by atoms with van der Waals surface area (Å²) in [6.07, 6.45) is 0. The van der Waals surface area contributed by atoms with Gasteiger partial charge in [-0.1, -0.05) is 188 Å². The molecule has 0 aliphatic carbocycles. The predicted octanol–water partition coefficient (Wildman–Crippen LogP) is 16.0. The first-order valence-corrected chi connectivity index (χ1v) is 19.8. The molecule has 10 aromatic carbocycles. The lowest BCUT2D eigenvalue weighted by Crippen LogP contribution is -2.12. The van der Waals surface area contributed by atoms with E-state index in [0.717, 1.165) is 66.6 Å². The van der Waals surface area contributed by atoms with Gasteiger partial charge in [-0.2, -0.15) is 0 Å². The van der Waals surface area contributed by atoms with Gasteiger partial charge in [0.25, 0.3) is 0 Å². The van der Waals surface area contributed by atoms with Crippen molar-refractivity contribution in [1.29, 1.82) is 0 Å². The second-order valence-electron chi connectivity index (χ2n) is 14.8. The zero-order valence-corrected chi connectivity index (χ0v) is 31.7. The summed E-state index contributed by atoms with van der Waals surface area (Å²) >= 11 is 0. The van der Waals surface area contributed by atoms with Crippen molar-refractivity contribution in [3.05, 3.63) is 224 Å². The summed E-state index contributed by atoms with van der Waals surface area (Å²) in [5, 5.41) is 7.01. The highest BCUT2D eigenvalue weighted by Crippen LogP contribution is 2.48. The zero-order chi connectivity index (χ0) is 38.4. The monoisotopic (exact) mass is 739 g/mol. The third kappa shape index (κ3) is 5.74. The Labute approximate surface area is 337 Å². The van der Waals surface area contributed by atoms with E-state index in [2.05, 4.69) is 229 Å². The van der Waals surface area contributed by atoms with Crippen molar-refractivity contribution < 1.29 is 4.42 Å². The Kier molecular flexibility index (Phi) is 8.19. The number of hydrogen-bond acceptors (Lipinski definition) is 2. The molecule has 0 bridgehead atoms. The molecule has 11 rings (SSSR count). The summed E-state index contributed by atoms with van der Waals surface area (Å²) in [7, 11) is 0. The maximum Gasteiger partial charge on any atom is 0.143 e. The Hall–Kier alpha value is -7.68. The number of rotatable bonds is 7. The smallest absolute Gasteiger partial charge is 0.143 e. The topological polar surface area (TPSA) is 16.4 Å². The fourth-order valence-electron chi connectivity index (χ4n) is 8.74. The van der Waals surface area contributed by atoms with Crippen molar-refractivity contribution in [2.75, 3.05) is 4.90 Å². The summed E-state index contributed by atoms with van der Waals surface area (Å²) < 4.78 is 6.69. The number of benzene rings is 10. The van der Waals surface area contributed by atoms with E-state index in [1.165, 1.54) is 38.4 Å². The second kappa shape index (κ2) is 14.1. The number of fused-ring (bicyclic) bond motifs is 6. The van der Waals surface area contributed by atoms with Gasteiger partial charge in [-0.05, 0) is 85.9 Å². The van der Waals surface area contributed by atoms with Gasteiger partial charge in [-0.15, -0.1) is 0 Å². The average molecular weight is 740 g/mol. The molecule has 0 saturated carbocycles. The van der Waals surface area contributed by atoms with Crippen LogP contribution in [0.25, 0.3) is 88.0 Å². The highest BCUT2D eigenvalue weighted by atomic mass is 16.3. The zero-order valence-electron chi connectivity index (χ0n) is 31.7. The van der Waals surface area contributed by atoms with Crippen molar-refractivity contribution in [2.24, 2.45) is 0 Å². The summed E-state index contributed by atoms with van der Waals surface area (Å²) in [6.45, 7) is 0. The maximum atomic E-state index is 6.69. The maximum absolute atomic E-state index is 6.69. The van der Waals surface area contributed by atoms with E-state index in [9.17, 15) is 0 Å². The van der Waals surface area contributed by atoms with Crippen LogP contribution >= 0.6 is 0 Å². The van der Waals surface area contributed by atoms with Crippen LogP contribution in [-0.2, 0) is 0 Å². The van der Waals surface area contributed by atoms with Crippen molar-refractivity contribution in [1.82, 2.24) is 0 Å². The number of nitrogens with zero attached hydrogens (tertiary/aromatic N) is 1. The molecule has 0 spiro atoms. The predicted molar refractivity (Wildman–Crippen MR) is 245 cm³/mol. The molecule has 0 atom stereocenters. The molecular formula is C56H37NO. The number of furan rings is 1. The summed E-state index contributed by atoms with van der Waals surface area (Å²) in [6, 6.07) is 80.6.